The van der Waals surface area contributed by atoms with Crippen LogP contribution in [0.5, 0.6) is 5.75 Å². The third kappa shape index (κ3) is 5.29. The van der Waals surface area contributed by atoms with Crippen molar-refractivity contribution in [3.63, 3.8) is 0 Å². The van der Waals surface area contributed by atoms with Crippen LogP contribution in [0.4, 0.5) is 26.4 Å². The van der Waals surface area contributed by atoms with Crippen LogP contribution >= 0.6 is 0 Å². The van der Waals surface area contributed by atoms with E-state index in [0.29, 0.717) is 60.9 Å². The van der Waals surface area contributed by atoms with Gasteiger partial charge in [-0.1, -0.05) is 0 Å². The molecule has 14 heteroatoms. The maximum atomic E-state index is 14.9. The van der Waals surface area contributed by atoms with Crippen molar-refractivity contribution in [2.75, 3.05) is 74.9 Å². The first kappa shape index (κ1) is 25.2. The minimum Gasteiger partial charge on any atom is -0.486 e. The van der Waals surface area contributed by atoms with Gasteiger partial charge in [-0.25, -0.2) is 8.78 Å². The second-order valence-electron chi connectivity index (χ2n) is 9.70. The van der Waals surface area contributed by atoms with Crippen molar-refractivity contribution < 1.29 is 17.9 Å². The van der Waals surface area contributed by atoms with E-state index in [4.69, 9.17) is 14.9 Å². The maximum Gasteiger partial charge on any atom is 0.259 e. The highest BCUT2D eigenvalue weighted by Gasteiger charge is 2.29. The van der Waals surface area contributed by atoms with Crippen LogP contribution < -0.4 is 25.6 Å². The first-order chi connectivity index (χ1) is 18.9. The molecule has 0 aliphatic carbocycles. The lowest BCUT2D eigenvalue weighted by Gasteiger charge is -2.36. The van der Waals surface area contributed by atoms with Gasteiger partial charge in [0.15, 0.2) is 11.9 Å². The molecule has 0 amide bonds. The smallest absolute Gasteiger partial charge is 0.259 e. The number of alkyl halides is 1. The van der Waals surface area contributed by atoms with Crippen molar-refractivity contribution >= 4 is 23.4 Å². The molecule has 2 saturated heterocycles. The molecule has 1 aromatic carbocycles. The van der Waals surface area contributed by atoms with Crippen molar-refractivity contribution in [3.05, 3.63) is 42.4 Å². The summed E-state index contributed by atoms with van der Waals surface area (Å²) < 4.78 is 41.1. The molecular weight excluding hydrogens is 510 g/mol. The van der Waals surface area contributed by atoms with Gasteiger partial charge in [0.25, 0.3) is 5.78 Å². The Morgan fingerprint density at radius 3 is 2.72 bits per heavy atom. The highest BCUT2D eigenvalue weighted by atomic mass is 19.1. The predicted octanol–water partition coefficient (Wildman–Crippen LogP) is 1.45. The molecule has 4 aromatic rings. The van der Waals surface area contributed by atoms with Crippen molar-refractivity contribution in [1.29, 1.82) is 0 Å². The summed E-state index contributed by atoms with van der Waals surface area (Å²) in [6, 6.07) is 8.29. The third-order valence-electron chi connectivity index (χ3n) is 7.06. The van der Waals surface area contributed by atoms with E-state index in [9.17, 15) is 8.78 Å². The molecule has 12 nitrogen and oxygen atoms in total. The number of nitrogens with zero attached hydrogens (tertiary/aromatic N) is 8. The van der Waals surface area contributed by atoms with Crippen molar-refractivity contribution in [2.24, 2.45) is 0 Å². The fourth-order valence-electron chi connectivity index (χ4n) is 4.81. The summed E-state index contributed by atoms with van der Waals surface area (Å²) in [4.78, 5) is 19.6. The molecule has 3 N–H and O–H groups in total. The van der Waals surface area contributed by atoms with Gasteiger partial charge >= 0.3 is 0 Å². The highest BCUT2D eigenvalue weighted by molar-refractivity contribution is 5.53. The summed E-state index contributed by atoms with van der Waals surface area (Å²) in [6.45, 7) is 5.05. The van der Waals surface area contributed by atoms with E-state index in [1.165, 1.54) is 10.6 Å². The Kier molecular flexibility index (Phi) is 6.87. The lowest BCUT2D eigenvalue weighted by molar-refractivity contribution is 0.139. The van der Waals surface area contributed by atoms with Gasteiger partial charge in [-0.15, -0.1) is 5.10 Å². The lowest BCUT2D eigenvalue weighted by Crippen LogP contribution is -2.48. The normalized spacial score (nSPS) is 20.1. The van der Waals surface area contributed by atoms with E-state index in [-0.39, 0.29) is 18.3 Å². The number of piperazine rings is 1. The standard InChI is InChI=1S/C25H30F2N10O2/c1-34(24-31-23(28)37-25(32-24)30-22(33-37)20-3-2-12-38-20)6-7-35-8-10-36(11-9-35)19-5-4-16(13-17(19)26)39-21-15-29-14-18(21)27/h2-5,12-13,18,21,29H,6-11,14-15H2,1H3,(H2,28,30,31,32,33)/t18-,21+/m0/s1. The molecular formula is C25H30F2N10O2. The van der Waals surface area contributed by atoms with Gasteiger partial charge in [0, 0.05) is 65.5 Å². The number of hydrogen-bond acceptors (Lipinski definition) is 11. The van der Waals surface area contributed by atoms with Crippen LogP contribution in [0.15, 0.2) is 41.0 Å². The number of nitrogens with two attached hydrogens (primary N) is 1. The van der Waals surface area contributed by atoms with Crippen LogP contribution in [0.2, 0.25) is 0 Å². The summed E-state index contributed by atoms with van der Waals surface area (Å²) >= 11 is 0. The molecule has 3 aromatic heterocycles. The maximum absolute atomic E-state index is 14.9. The molecule has 2 aliphatic heterocycles. The summed E-state index contributed by atoms with van der Waals surface area (Å²) in [6.07, 6.45) is -0.124. The van der Waals surface area contributed by atoms with E-state index < -0.39 is 12.3 Å². The number of rotatable bonds is 8. The second kappa shape index (κ2) is 10.6. The third-order valence-corrected chi connectivity index (χ3v) is 7.06. The molecule has 2 fully saturated rings. The number of hydrogen-bond donors (Lipinski definition) is 2. The van der Waals surface area contributed by atoms with E-state index in [0.717, 1.165) is 19.6 Å². The van der Waals surface area contributed by atoms with E-state index in [2.05, 4.69) is 30.3 Å². The molecule has 2 aliphatic rings. The fourth-order valence-corrected chi connectivity index (χ4v) is 4.81. The summed E-state index contributed by atoms with van der Waals surface area (Å²) in [5.74, 6) is 1.87. The number of halogens is 2. The number of furan rings is 1. The second-order valence-corrected chi connectivity index (χ2v) is 9.70. The highest BCUT2D eigenvalue weighted by Crippen LogP contribution is 2.27. The Bertz CT molecular complexity index is 1420. The van der Waals surface area contributed by atoms with Gasteiger partial charge in [0.2, 0.25) is 17.7 Å². The number of nitrogen functional groups attached to an aromatic ring is 1. The van der Waals surface area contributed by atoms with Crippen LogP contribution in [-0.4, -0.2) is 101 Å². The average molecular weight is 541 g/mol. The van der Waals surface area contributed by atoms with Crippen LogP contribution in [0.1, 0.15) is 0 Å². The molecule has 2 atom stereocenters. The van der Waals surface area contributed by atoms with Crippen LogP contribution in [0.3, 0.4) is 0 Å². The number of nitrogens with one attached hydrogen (secondary N) is 1. The quantitative estimate of drug-likeness (QED) is 0.337. The zero-order chi connectivity index (χ0) is 26.9. The topological polar surface area (TPSA) is 126 Å². The number of anilines is 3. The SMILES string of the molecule is CN(CCN1CCN(c2ccc(O[C@@H]3CNC[C@@H]3F)cc2F)CC1)c1nc(N)n2nc(-c3ccco3)nc2n1. The average Bonchev–Trinajstić information content (AvgIpc) is 3.70. The molecule has 5 heterocycles. The lowest BCUT2D eigenvalue weighted by atomic mass is 10.2. The number of aromatic nitrogens is 5. The molecule has 0 spiro atoms. The fraction of sp³-hybridized carbons (Fsp3) is 0.440. The van der Waals surface area contributed by atoms with E-state index >= 15 is 0 Å². The molecule has 0 bridgehead atoms. The summed E-state index contributed by atoms with van der Waals surface area (Å²) in [5, 5.41) is 7.26. The van der Waals surface area contributed by atoms with Crippen molar-refractivity contribution in [1.82, 2.24) is 34.8 Å². The van der Waals surface area contributed by atoms with Gasteiger partial charge in [-0.05, 0) is 24.3 Å². The predicted molar refractivity (Wildman–Crippen MR) is 141 cm³/mol. The van der Waals surface area contributed by atoms with Crippen LogP contribution in [0.25, 0.3) is 17.4 Å². The number of ether oxygens (including phenoxy) is 1. The van der Waals surface area contributed by atoms with Gasteiger partial charge in [0.05, 0.1) is 12.0 Å². The zero-order valence-corrected chi connectivity index (χ0v) is 21.5. The zero-order valence-electron chi connectivity index (χ0n) is 21.5. The van der Waals surface area contributed by atoms with Gasteiger partial charge in [-0.2, -0.15) is 19.5 Å². The van der Waals surface area contributed by atoms with Crippen LogP contribution in [0, 0.1) is 5.82 Å². The monoisotopic (exact) mass is 540 g/mol. The molecule has 206 valence electrons. The van der Waals surface area contributed by atoms with Crippen molar-refractivity contribution in [3.8, 4) is 17.3 Å². The van der Waals surface area contributed by atoms with Gasteiger partial charge in [0.1, 0.15) is 17.7 Å². The molecule has 6 rings (SSSR count). The van der Waals surface area contributed by atoms with E-state index in [1.54, 1.807) is 30.5 Å². The first-order valence-electron chi connectivity index (χ1n) is 12.9. The van der Waals surface area contributed by atoms with Crippen LogP contribution in [-0.2, 0) is 0 Å². The molecule has 0 saturated carbocycles. The molecule has 0 radical (unpaired) electrons. The number of likely N-dealkylation sites (N-methyl/N-ethyl adjacent to an activating group) is 1. The first-order valence-corrected chi connectivity index (χ1v) is 12.9. The Morgan fingerprint density at radius 1 is 1.15 bits per heavy atom. The summed E-state index contributed by atoms with van der Waals surface area (Å²) in [5.41, 5.74) is 6.65. The van der Waals surface area contributed by atoms with E-state index in [1.807, 2.05) is 16.8 Å². The molecule has 39 heavy (non-hydrogen) atoms. The Morgan fingerprint density at radius 2 is 2.00 bits per heavy atom. The Balaban J connectivity index is 1.02. The van der Waals surface area contributed by atoms with Crippen molar-refractivity contribution in [2.45, 2.75) is 12.3 Å². The Hall–Kier alpha value is -4.04. The summed E-state index contributed by atoms with van der Waals surface area (Å²) in [7, 11) is 1.90. The van der Waals surface area contributed by atoms with Gasteiger partial charge < -0.3 is 30.0 Å². The minimum absolute atomic E-state index is 0.184. The van der Waals surface area contributed by atoms with Gasteiger partial charge in [-0.3, -0.25) is 4.90 Å². The number of benzene rings is 1. The largest absolute Gasteiger partial charge is 0.486 e. The number of fused-ring (bicyclic) bond motifs is 1. The Labute approximate surface area is 223 Å². The molecule has 0 unspecified atom stereocenters. The minimum atomic E-state index is -1.09.